The zero-order valence-electron chi connectivity index (χ0n) is 15.8. The summed E-state index contributed by atoms with van der Waals surface area (Å²) >= 11 is 0. The topological polar surface area (TPSA) is 64.6 Å². The molecular weight excluding hydrogens is 369 g/mol. The molecule has 27 heavy (non-hydrogen) atoms. The van der Waals surface area contributed by atoms with Crippen LogP contribution in [0.25, 0.3) is 0 Å². The normalized spacial score (nSPS) is 12.8. The minimum atomic E-state index is -3.26. The van der Waals surface area contributed by atoms with Gasteiger partial charge in [0.25, 0.3) is 0 Å². The molecule has 0 aromatic heterocycles. The van der Waals surface area contributed by atoms with Crippen LogP contribution >= 0.6 is 0 Å². The van der Waals surface area contributed by atoms with E-state index in [0.717, 1.165) is 5.56 Å². The van der Waals surface area contributed by atoms with Gasteiger partial charge in [-0.05, 0) is 61.7 Å². The van der Waals surface area contributed by atoms with E-state index in [4.69, 9.17) is 9.47 Å². The van der Waals surface area contributed by atoms with Gasteiger partial charge >= 0.3 is 0 Å². The van der Waals surface area contributed by atoms with Crippen LogP contribution in [-0.2, 0) is 10.0 Å². The van der Waals surface area contributed by atoms with E-state index in [1.165, 1.54) is 12.1 Å². The Kier molecular flexibility index (Phi) is 7.62. The number of hydrogen-bond acceptors (Lipinski definition) is 4. The summed E-state index contributed by atoms with van der Waals surface area (Å²) < 4.78 is 50.2. The van der Waals surface area contributed by atoms with Crippen molar-refractivity contribution in [3.63, 3.8) is 0 Å². The third-order valence-corrected chi connectivity index (χ3v) is 5.91. The summed E-state index contributed by atoms with van der Waals surface area (Å²) in [5, 5.41) is -0.447. The lowest BCUT2D eigenvalue weighted by Gasteiger charge is -2.15. The van der Waals surface area contributed by atoms with Crippen LogP contribution in [0.15, 0.2) is 48.5 Å². The summed E-state index contributed by atoms with van der Waals surface area (Å²) in [5.41, 5.74) is 1.02. The molecular formula is C20H26FNO4S. The highest BCUT2D eigenvalue weighted by Crippen LogP contribution is 2.19. The highest BCUT2D eigenvalue weighted by Gasteiger charge is 2.17. The van der Waals surface area contributed by atoms with Gasteiger partial charge in [-0.25, -0.2) is 17.5 Å². The van der Waals surface area contributed by atoms with E-state index in [0.29, 0.717) is 31.3 Å². The second kappa shape index (κ2) is 9.71. The average Bonchev–Trinajstić information content (AvgIpc) is 2.65. The first-order valence-electron chi connectivity index (χ1n) is 8.87. The van der Waals surface area contributed by atoms with Crippen LogP contribution in [0.3, 0.4) is 0 Å². The molecule has 0 amide bonds. The molecule has 1 N–H and O–H groups in total. The molecule has 2 aromatic carbocycles. The van der Waals surface area contributed by atoms with Crippen LogP contribution in [0.5, 0.6) is 11.5 Å². The van der Waals surface area contributed by atoms with Crippen molar-refractivity contribution in [2.75, 3.05) is 19.8 Å². The number of sulfonamides is 1. The lowest BCUT2D eigenvalue weighted by molar-refractivity contribution is 0.217. The average molecular weight is 395 g/mol. The van der Waals surface area contributed by atoms with Gasteiger partial charge in [-0.2, -0.15) is 0 Å². The second-order valence-corrected chi connectivity index (χ2v) is 8.88. The first kappa shape index (κ1) is 21.2. The SMILES string of the molecule is CC(CNS(=O)(=O)C(C)C)c1ccc(OCCOc2ccc(F)cc2)cc1. The van der Waals surface area contributed by atoms with E-state index in [9.17, 15) is 12.8 Å². The maximum Gasteiger partial charge on any atom is 0.213 e. The van der Waals surface area contributed by atoms with Gasteiger partial charge in [0.2, 0.25) is 10.0 Å². The maximum atomic E-state index is 12.8. The predicted octanol–water partition coefficient (Wildman–Crippen LogP) is 3.71. The van der Waals surface area contributed by atoms with Crippen molar-refractivity contribution >= 4 is 10.0 Å². The summed E-state index contributed by atoms with van der Waals surface area (Å²) in [6, 6.07) is 13.4. The Bertz CT molecular complexity index is 805. The molecule has 0 fully saturated rings. The lowest BCUT2D eigenvalue weighted by atomic mass is 10.0. The van der Waals surface area contributed by atoms with Gasteiger partial charge in [0.15, 0.2) is 0 Å². The molecule has 0 aliphatic carbocycles. The molecule has 5 nitrogen and oxygen atoms in total. The first-order valence-corrected chi connectivity index (χ1v) is 10.4. The van der Waals surface area contributed by atoms with E-state index >= 15 is 0 Å². The fourth-order valence-corrected chi connectivity index (χ4v) is 3.08. The zero-order valence-corrected chi connectivity index (χ0v) is 16.6. The number of nitrogens with one attached hydrogen (secondary N) is 1. The second-order valence-electron chi connectivity index (χ2n) is 6.56. The maximum absolute atomic E-state index is 12.8. The van der Waals surface area contributed by atoms with Crippen LogP contribution < -0.4 is 14.2 Å². The quantitative estimate of drug-likeness (QED) is 0.623. The summed E-state index contributed by atoms with van der Waals surface area (Å²) in [6.07, 6.45) is 0. The highest BCUT2D eigenvalue weighted by atomic mass is 32.2. The van der Waals surface area contributed by atoms with Gasteiger partial charge in [-0.15, -0.1) is 0 Å². The van der Waals surface area contributed by atoms with Crippen molar-refractivity contribution in [2.24, 2.45) is 0 Å². The van der Waals surface area contributed by atoms with E-state index < -0.39 is 15.3 Å². The Labute approximate surface area is 160 Å². The molecule has 0 aliphatic heterocycles. The molecule has 7 heteroatoms. The minimum Gasteiger partial charge on any atom is -0.490 e. The third kappa shape index (κ3) is 6.84. The van der Waals surface area contributed by atoms with Crippen molar-refractivity contribution in [1.82, 2.24) is 4.72 Å². The van der Waals surface area contributed by atoms with Crippen LogP contribution in [0, 0.1) is 5.82 Å². The third-order valence-electron chi connectivity index (χ3n) is 4.09. The predicted molar refractivity (Wildman–Crippen MR) is 104 cm³/mol. The van der Waals surface area contributed by atoms with E-state index in [1.54, 1.807) is 26.0 Å². The molecule has 0 heterocycles. The summed E-state index contributed by atoms with van der Waals surface area (Å²) in [4.78, 5) is 0. The fourth-order valence-electron chi connectivity index (χ4n) is 2.27. The molecule has 2 rings (SSSR count). The van der Waals surface area contributed by atoms with Crippen LogP contribution in [0.1, 0.15) is 32.3 Å². The molecule has 0 aliphatic rings. The van der Waals surface area contributed by atoms with Crippen molar-refractivity contribution in [1.29, 1.82) is 0 Å². The molecule has 2 aromatic rings. The van der Waals surface area contributed by atoms with E-state index in [1.807, 2.05) is 31.2 Å². The summed E-state index contributed by atoms with van der Waals surface area (Å²) in [5.74, 6) is 1.05. The monoisotopic (exact) mass is 395 g/mol. The Balaban J connectivity index is 1.76. The van der Waals surface area contributed by atoms with Gasteiger partial charge in [0.1, 0.15) is 30.5 Å². The standard InChI is InChI=1S/C20H26FNO4S/c1-15(2)27(23,24)22-14-16(3)17-4-8-19(9-5-17)25-12-13-26-20-10-6-18(21)7-11-20/h4-11,15-16,22H,12-14H2,1-3H3. The molecule has 0 bridgehead atoms. The van der Waals surface area contributed by atoms with Crippen LogP contribution in [0.4, 0.5) is 4.39 Å². The molecule has 0 saturated heterocycles. The number of halogens is 1. The first-order chi connectivity index (χ1) is 12.8. The van der Waals surface area contributed by atoms with Gasteiger partial charge in [-0.3, -0.25) is 0 Å². The number of ether oxygens (including phenoxy) is 2. The Hall–Kier alpha value is -2.12. The minimum absolute atomic E-state index is 0.0504. The molecule has 1 unspecified atom stereocenters. The number of benzene rings is 2. The Morgan fingerprint density at radius 2 is 1.37 bits per heavy atom. The Morgan fingerprint density at radius 3 is 1.85 bits per heavy atom. The smallest absolute Gasteiger partial charge is 0.213 e. The molecule has 0 saturated carbocycles. The molecule has 1 atom stereocenters. The fraction of sp³-hybridized carbons (Fsp3) is 0.400. The van der Waals surface area contributed by atoms with Gasteiger partial charge in [0.05, 0.1) is 5.25 Å². The van der Waals surface area contributed by atoms with Gasteiger partial charge in [0, 0.05) is 6.54 Å². The lowest BCUT2D eigenvalue weighted by Crippen LogP contribution is -2.33. The van der Waals surface area contributed by atoms with Crippen LogP contribution in [-0.4, -0.2) is 33.4 Å². The summed E-state index contributed by atoms with van der Waals surface area (Å²) in [7, 11) is -3.26. The van der Waals surface area contributed by atoms with Gasteiger partial charge < -0.3 is 9.47 Å². The van der Waals surface area contributed by atoms with Crippen molar-refractivity contribution in [2.45, 2.75) is 31.9 Å². The van der Waals surface area contributed by atoms with Crippen molar-refractivity contribution in [3.05, 3.63) is 59.9 Å². The zero-order chi connectivity index (χ0) is 19.9. The van der Waals surface area contributed by atoms with Crippen LogP contribution in [0.2, 0.25) is 0 Å². The molecule has 0 spiro atoms. The highest BCUT2D eigenvalue weighted by molar-refractivity contribution is 7.90. The number of hydrogen-bond donors (Lipinski definition) is 1. The van der Waals surface area contributed by atoms with E-state index in [-0.39, 0.29) is 11.7 Å². The van der Waals surface area contributed by atoms with Crippen molar-refractivity contribution in [3.8, 4) is 11.5 Å². The number of rotatable bonds is 10. The van der Waals surface area contributed by atoms with Crippen molar-refractivity contribution < 1.29 is 22.3 Å². The molecule has 148 valence electrons. The summed E-state index contributed by atoms with van der Waals surface area (Å²) in [6.45, 7) is 6.33. The molecule has 0 radical (unpaired) electrons. The largest absolute Gasteiger partial charge is 0.490 e. The Morgan fingerprint density at radius 1 is 0.889 bits per heavy atom. The van der Waals surface area contributed by atoms with Gasteiger partial charge in [-0.1, -0.05) is 19.1 Å². The van der Waals surface area contributed by atoms with E-state index in [2.05, 4.69) is 4.72 Å².